The van der Waals surface area contributed by atoms with Crippen molar-refractivity contribution >= 4 is 23.9 Å². The van der Waals surface area contributed by atoms with Crippen LogP contribution in [-0.4, -0.2) is 20.7 Å². The molecule has 0 fully saturated rings. The van der Waals surface area contributed by atoms with E-state index in [4.69, 9.17) is 5.14 Å². The van der Waals surface area contributed by atoms with Crippen LogP contribution in [0.2, 0.25) is 0 Å². The van der Waals surface area contributed by atoms with Crippen LogP contribution in [0, 0.1) is 0 Å². The molecule has 0 aliphatic carbocycles. The molecule has 0 saturated carbocycles. The van der Waals surface area contributed by atoms with Gasteiger partial charge < -0.3 is 0 Å². The number of benzene rings is 1. The van der Waals surface area contributed by atoms with E-state index in [1.54, 1.807) is 0 Å². The van der Waals surface area contributed by atoms with Gasteiger partial charge in [-0.3, -0.25) is 9.86 Å². The van der Waals surface area contributed by atoms with Crippen molar-refractivity contribution in [2.75, 3.05) is 0 Å². The van der Waals surface area contributed by atoms with E-state index in [1.807, 2.05) is 30.3 Å². The summed E-state index contributed by atoms with van der Waals surface area (Å²) < 4.78 is 3.27. The first-order valence-electron chi connectivity index (χ1n) is 6.10. The summed E-state index contributed by atoms with van der Waals surface area (Å²) in [5, 5.41) is 15.1. The maximum absolute atomic E-state index is 5.63. The van der Waals surface area contributed by atoms with Crippen molar-refractivity contribution in [2.24, 2.45) is 5.14 Å². The Labute approximate surface area is 127 Å². The van der Waals surface area contributed by atoms with Crippen molar-refractivity contribution in [1.29, 1.82) is 0 Å². The summed E-state index contributed by atoms with van der Waals surface area (Å²) in [6.45, 7) is 6.24. The molecule has 1 aromatic carbocycles. The zero-order chi connectivity index (χ0) is 14.6. The Morgan fingerprint density at radius 3 is 2.40 bits per heavy atom. The molecule has 0 unspecified atom stereocenters. The van der Waals surface area contributed by atoms with Crippen LogP contribution in [0.25, 0.3) is 11.3 Å². The SMILES string of the molecule is CC(C)(C)NSc1nnc(SN)c(-c2ccccc2)n1. The van der Waals surface area contributed by atoms with Gasteiger partial charge in [0.1, 0.15) is 5.69 Å². The molecular formula is C13H17N5S2. The fraction of sp³-hybridized carbons (Fsp3) is 0.308. The number of aromatic nitrogens is 3. The van der Waals surface area contributed by atoms with Crippen molar-refractivity contribution in [2.45, 2.75) is 36.5 Å². The number of hydrogen-bond acceptors (Lipinski definition) is 7. The fourth-order valence-electron chi connectivity index (χ4n) is 1.41. The Morgan fingerprint density at radius 1 is 1.10 bits per heavy atom. The molecular weight excluding hydrogens is 290 g/mol. The smallest absolute Gasteiger partial charge is 0.224 e. The molecule has 0 amide bonds. The van der Waals surface area contributed by atoms with E-state index in [0.29, 0.717) is 10.2 Å². The van der Waals surface area contributed by atoms with E-state index >= 15 is 0 Å². The standard InChI is InChI=1S/C13H17N5S2/c1-13(2,3)18-20-12-15-10(11(19-14)16-17-12)9-7-5-4-6-8-9/h4-8,18H,14H2,1-3H3. The maximum Gasteiger partial charge on any atom is 0.224 e. The van der Waals surface area contributed by atoms with Gasteiger partial charge >= 0.3 is 0 Å². The summed E-state index contributed by atoms with van der Waals surface area (Å²) in [5.74, 6) is 0. The molecule has 5 nitrogen and oxygen atoms in total. The molecule has 2 rings (SSSR count). The van der Waals surface area contributed by atoms with Crippen LogP contribution in [0.15, 0.2) is 40.5 Å². The number of nitrogens with one attached hydrogen (secondary N) is 1. The number of nitrogens with two attached hydrogens (primary N) is 1. The van der Waals surface area contributed by atoms with Gasteiger partial charge in [0.25, 0.3) is 0 Å². The molecule has 2 aromatic rings. The van der Waals surface area contributed by atoms with Crippen LogP contribution in [0.4, 0.5) is 0 Å². The molecule has 1 aromatic heterocycles. The number of rotatable bonds is 4. The monoisotopic (exact) mass is 307 g/mol. The van der Waals surface area contributed by atoms with E-state index in [0.717, 1.165) is 23.2 Å². The lowest BCUT2D eigenvalue weighted by Crippen LogP contribution is -2.30. The van der Waals surface area contributed by atoms with Gasteiger partial charge in [0.2, 0.25) is 5.16 Å². The summed E-state index contributed by atoms with van der Waals surface area (Å²) >= 11 is 2.43. The molecule has 0 spiro atoms. The second kappa shape index (κ2) is 6.53. The van der Waals surface area contributed by atoms with Gasteiger partial charge in [-0.05, 0) is 44.7 Å². The van der Waals surface area contributed by atoms with Gasteiger partial charge in [0.15, 0.2) is 5.03 Å². The van der Waals surface area contributed by atoms with Crippen molar-refractivity contribution in [1.82, 2.24) is 19.9 Å². The van der Waals surface area contributed by atoms with Gasteiger partial charge in [-0.2, -0.15) is 0 Å². The van der Waals surface area contributed by atoms with Crippen LogP contribution in [0.3, 0.4) is 0 Å². The minimum absolute atomic E-state index is 0.0256. The molecule has 1 heterocycles. The minimum atomic E-state index is -0.0256. The molecule has 7 heteroatoms. The van der Waals surface area contributed by atoms with E-state index in [-0.39, 0.29) is 5.54 Å². The molecule has 0 bridgehead atoms. The molecule has 20 heavy (non-hydrogen) atoms. The molecule has 0 saturated heterocycles. The van der Waals surface area contributed by atoms with E-state index < -0.39 is 0 Å². The lowest BCUT2D eigenvalue weighted by molar-refractivity contribution is 0.533. The first kappa shape index (κ1) is 15.2. The van der Waals surface area contributed by atoms with E-state index in [2.05, 4.69) is 40.7 Å². The van der Waals surface area contributed by atoms with Crippen molar-refractivity contribution < 1.29 is 0 Å². The third-order valence-corrected chi connectivity index (χ3v) is 3.81. The quantitative estimate of drug-likeness (QED) is 0.841. The summed E-state index contributed by atoms with van der Waals surface area (Å²) in [6.07, 6.45) is 0. The van der Waals surface area contributed by atoms with Crippen molar-refractivity contribution in [3.8, 4) is 11.3 Å². The highest BCUT2D eigenvalue weighted by molar-refractivity contribution is 7.97. The normalized spacial score (nSPS) is 11.6. The maximum atomic E-state index is 5.63. The second-order valence-corrected chi connectivity index (χ2v) is 6.58. The summed E-state index contributed by atoms with van der Waals surface area (Å²) in [7, 11) is 0. The second-order valence-electron chi connectivity index (χ2n) is 5.19. The molecule has 0 atom stereocenters. The highest BCUT2D eigenvalue weighted by Crippen LogP contribution is 2.26. The molecule has 0 radical (unpaired) electrons. The lowest BCUT2D eigenvalue weighted by Gasteiger charge is -2.18. The summed E-state index contributed by atoms with van der Waals surface area (Å²) in [5.41, 5.74) is 1.71. The summed E-state index contributed by atoms with van der Waals surface area (Å²) in [6, 6.07) is 9.85. The van der Waals surface area contributed by atoms with Gasteiger partial charge in [0.05, 0.1) is 0 Å². The third-order valence-electron chi connectivity index (χ3n) is 2.24. The Balaban J connectivity index is 2.30. The highest BCUT2D eigenvalue weighted by atomic mass is 32.2. The molecule has 0 aliphatic heterocycles. The molecule has 0 aliphatic rings. The van der Waals surface area contributed by atoms with Crippen molar-refractivity contribution in [3.63, 3.8) is 0 Å². The highest BCUT2D eigenvalue weighted by Gasteiger charge is 2.14. The Bertz CT molecular complexity index is 569. The predicted octanol–water partition coefficient (Wildman–Crippen LogP) is 2.90. The predicted molar refractivity (Wildman–Crippen MR) is 84.1 cm³/mol. The molecule has 106 valence electrons. The van der Waals surface area contributed by atoms with Gasteiger partial charge in [-0.15, -0.1) is 10.2 Å². The van der Waals surface area contributed by atoms with Gasteiger partial charge in [-0.25, -0.2) is 4.98 Å². The Hall–Kier alpha value is -1.15. The van der Waals surface area contributed by atoms with Crippen molar-refractivity contribution in [3.05, 3.63) is 30.3 Å². The van der Waals surface area contributed by atoms with Crippen LogP contribution in [0.5, 0.6) is 0 Å². The summed E-state index contributed by atoms with van der Waals surface area (Å²) in [4.78, 5) is 4.54. The van der Waals surface area contributed by atoms with E-state index in [1.165, 1.54) is 11.9 Å². The van der Waals surface area contributed by atoms with E-state index in [9.17, 15) is 0 Å². The van der Waals surface area contributed by atoms with Crippen LogP contribution < -0.4 is 9.86 Å². The largest absolute Gasteiger partial charge is 0.272 e. The average molecular weight is 307 g/mol. The Morgan fingerprint density at radius 2 is 1.80 bits per heavy atom. The lowest BCUT2D eigenvalue weighted by atomic mass is 10.1. The zero-order valence-corrected chi connectivity index (χ0v) is 13.3. The minimum Gasteiger partial charge on any atom is -0.272 e. The molecule has 3 N–H and O–H groups in total. The fourth-order valence-corrected chi connectivity index (χ4v) is 2.39. The topological polar surface area (TPSA) is 76.7 Å². The average Bonchev–Trinajstić information content (AvgIpc) is 2.45. The van der Waals surface area contributed by atoms with Gasteiger partial charge in [0, 0.05) is 11.1 Å². The van der Waals surface area contributed by atoms with Crippen LogP contribution in [-0.2, 0) is 0 Å². The van der Waals surface area contributed by atoms with Crippen LogP contribution >= 0.6 is 23.9 Å². The van der Waals surface area contributed by atoms with Gasteiger partial charge in [-0.1, -0.05) is 30.3 Å². The van der Waals surface area contributed by atoms with Crippen LogP contribution in [0.1, 0.15) is 20.8 Å². The zero-order valence-electron chi connectivity index (χ0n) is 11.6. The number of nitrogens with zero attached hydrogens (tertiary/aromatic N) is 3. The Kier molecular flexibility index (Phi) is 4.98. The first-order valence-corrected chi connectivity index (χ1v) is 7.80. The third kappa shape index (κ3) is 4.17. The first-order chi connectivity index (χ1) is 9.49. The number of hydrogen-bond donors (Lipinski definition) is 2.